The van der Waals surface area contributed by atoms with Crippen LogP contribution in [0.5, 0.6) is 0 Å². The molecule has 2 aliphatic heterocycles. The van der Waals surface area contributed by atoms with E-state index in [1.807, 2.05) is 20.8 Å². The van der Waals surface area contributed by atoms with E-state index in [0.717, 1.165) is 16.8 Å². The van der Waals surface area contributed by atoms with Crippen molar-refractivity contribution in [3.63, 3.8) is 0 Å². The summed E-state index contributed by atoms with van der Waals surface area (Å²) in [4.78, 5) is 27.2. The molecule has 31 heavy (non-hydrogen) atoms. The third kappa shape index (κ3) is 3.38. The number of aliphatic hydroxyl groups is 1. The number of likely N-dealkylation sites (tertiary alicyclic amines) is 1. The quantitative estimate of drug-likeness (QED) is 0.685. The van der Waals surface area contributed by atoms with Crippen LogP contribution in [0.25, 0.3) is 11.0 Å². The molecule has 4 rings (SSSR count). The summed E-state index contributed by atoms with van der Waals surface area (Å²) in [5, 5.41) is 25.0. The van der Waals surface area contributed by atoms with Gasteiger partial charge < -0.3 is 29.4 Å². The number of quaternary nitrogens is 1. The largest absolute Gasteiger partial charge is 0.530 e. The SMILES string of the molecule is CC(C)(C)[N+]1(CC2(O)Cn3c(=O)c(F)cc4ncc(F)c2c43)CCC(NC(=O)[O-])CC1. The topological polar surface area (TPSA) is 107 Å². The standard InChI is InChI=1S/C21H26F2N4O4/c1-20(2,3)27(6-4-12(5-7-27)25-19(29)30)11-21(31)10-26-17-15(8-13(22)18(26)28)24-9-14(23)16(17)21/h8-9,12,25,31H,4-7,10-11H2,1-3H3. The normalized spacial score (nSPS) is 28.1. The molecular formula is C21H26F2N4O4. The maximum atomic E-state index is 14.9. The van der Waals surface area contributed by atoms with Crippen molar-refractivity contribution in [1.29, 1.82) is 0 Å². The Bertz CT molecular complexity index is 1120. The third-order valence-corrected chi connectivity index (χ3v) is 7.02. The average molecular weight is 436 g/mol. The van der Waals surface area contributed by atoms with E-state index in [1.54, 1.807) is 0 Å². The molecule has 2 N–H and O–H groups in total. The van der Waals surface area contributed by atoms with Gasteiger partial charge in [-0.05, 0) is 20.8 Å². The highest BCUT2D eigenvalue weighted by atomic mass is 19.1. The summed E-state index contributed by atoms with van der Waals surface area (Å²) in [5.41, 5.74) is -2.83. The number of nitrogens with one attached hydrogen (secondary N) is 1. The van der Waals surface area contributed by atoms with Gasteiger partial charge in [-0.15, -0.1) is 0 Å². The van der Waals surface area contributed by atoms with Crippen molar-refractivity contribution in [3.8, 4) is 0 Å². The summed E-state index contributed by atoms with van der Waals surface area (Å²) < 4.78 is 30.5. The number of hydrogen-bond acceptors (Lipinski definition) is 5. The Morgan fingerprint density at radius 1 is 1.35 bits per heavy atom. The zero-order valence-electron chi connectivity index (χ0n) is 17.7. The van der Waals surface area contributed by atoms with Gasteiger partial charge in [0.15, 0.2) is 11.4 Å². The second kappa shape index (κ2) is 6.96. The zero-order valence-corrected chi connectivity index (χ0v) is 17.7. The molecule has 0 aromatic carbocycles. The monoisotopic (exact) mass is 436 g/mol. The molecular weight excluding hydrogens is 410 g/mol. The Balaban J connectivity index is 1.76. The molecule has 2 aliphatic rings. The predicted molar refractivity (Wildman–Crippen MR) is 106 cm³/mol. The second-order valence-corrected chi connectivity index (χ2v) is 9.76. The Morgan fingerprint density at radius 3 is 2.58 bits per heavy atom. The first kappa shape index (κ1) is 21.6. The molecule has 1 saturated heterocycles. The molecule has 1 amide bonds. The number of halogens is 2. The highest BCUT2D eigenvalue weighted by molar-refractivity contribution is 5.81. The molecule has 0 aliphatic carbocycles. The lowest BCUT2D eigenvalue weighted by Gasteiger charge is -2.54. The van der Waals surface area contributed by atoms with E-state index in [0.29, 0.717) is 30.4 Å². The molecule has 1 unspecified atom stereocenters. The van der Waals surface area contributed by atoms with Gasteiger partial charge in [-0.1, -0.05) is 0 Å². The lowest BCUT2D eigenvalue weighted by Crippen LogP contribution is -2.69. The van der Waals surface area contributed by atoms with Crippen LogP contribution >= 0.6 is 0 Å². The first-order valence-electron chi connectivity index (χ1n) is 10.3. The Morgan fingerprint density at radius 2 is 2.00 bits per heavy atom. The Labute approximate surface area is 177 Å². The average Bonchev–Trinajstić information content (AvgIpc) is 2.97. The number of piperidine rings is 1. The minimum Gasteiger partial charge on any atom is -0.530 e. The third-order valence-electron chi connectivity index (χ3n) is 7.02. The number of carbonyl (C=O) groups is 1. The van der Waals surface area contributed by atoms with Crippen molar-refractivity contribution < 1.29 is 28.3 Å². The molecule has 4 heterocycles. The van der Waals surface area contributed by atoms with Crippen molar-refractivity contribution in [2.45, 2.75) is 57.3 Å². The molecule has 0 bridgehead atoms. The predicted octanol–water partition coefficient (Wildman–Crippen LogP) is 0.587. The fourth-order valence-electron chi connectivity index (χ4n) is 5.29. The van der Waals surface area contributed by atoms with E-state index < -0.39 is 28.9 Å². The van der Waals surface area contributed by atoms with Crippen LogP contribution in [0.15, 0.2) is 17.1 Å². The van der Waals surface area contributed by atoms with Crippen LogP contribution in [0, 0.1) is 11.6 Å². The van der Waals surface area contributed by atoms with Gasteiger partial charge in [0.2, 0.25) is 0 Å². The molecule has 0 spiro atoms. The minimum atomic E-state index is -1.74. The van der Waals surface area contributed by atoms with E-state index in [1.165, 1.54) is 0 Å². The van der Waals surface area contributed by atoms with Gasteiger partial charge in [0.05, 0.1) is 48.0 Å². The molecule has 0 radical (unpaired) electrons. The van der Waals surface area contributed by atoms with E-state index in [9.17, 15) is 28.6 Å². The van der Waals surface area contributed by atoms with Crippen molar-refractivity contribution >= 4 is 17.1 Å². The van der Waals surface area contributed by atoms with Gasteiger partial charge >= 0.3 is 0 Å². The maximum absolute atomic E-state index is 14.9. The van der Waals surface area contributed by atoms with E-state index in [4.69, 9.17) is 0 Å². The van der Waals surface area contributed by atoms with Gasteiger partial charge in [0.1, 0.15) is 18.5 Å². The summed E-state index contributed by atoms with van der Waals surface area (Å²) in [7, 11) is 0. The number of rotatable bonds is 3. The van der Waals surface area contributed by atoms with Crippen LogP contribution in [0.3, 0.4) is 0 Å². The molecule has 10 heteroatoms. The van der Waals surface area contributed by atoms with Crippen molar-refractivity contribution in [2.24, 2.45) is 0 Å². The van der Waals surface area contributed by atoms with Gasteiger partial charge in [-0.2, -0.15) is 0 Å². The number of aromatic nitrogens is 2. The van der Waals surface area contributed by atoms with Crippen LogP contribution in [0.1, 0.15) is 39.2 Å². The molecule has 8 nitrogen and oxygen atoms in total. The molecule has 2 aromatic heterocycles. The first-order valence-corrected chi connectivity index (χ1v) is 10.3. The number of amides is 1. The maximum Gasteiger partial charge on any atom is 0.287 e. The van der Waals surface area contributed by atoms with E-state index >= 15 is 0 Å². The number of pyridine rings is 2. The van der Waals surface area contributed by atoms with Crippen LogP contribution in [0.4, 0.5) is 13.6 Å². The van der Waals surface area contributed by atoms with Crippen LogP contribution < -0.4 is 16.0 Å². The molecule has 0 saturated carbocycles. The number of carboxylic acid groups (broad SMARTS) is 1. The van der Waals surface area contributed by atoms with E-state index in [2.05, 4.69) is 10.3 Å². The first-order chi connectivity index (χ1) is 14.4. The lowest BCUT2D eigenvalue weighted by atomic mass is 9.86. The summed E-state index contributed by atoms with van der Waals surface area (Å²) in [6.07, 6.45) is 0.668. The number of nitrogens with zero attached hydrogens (tertiary/aromatic N) is 3. The highest BCUT2D eigenvalue weighted by Crippen LogP contribution is 2.42. The molecule has 1 fully saturated rings. The summed E-state index contributed by atoms with van der Waals surface area (Å²) in [6.45, 7) is 6.92. The summed E-state index contributed by atoms with van der Waals surface area (Å²) in [6, 6.07) is 0.712. The lowest BCUT2D eigenvalue weighted by molar-refractivity contribution is -0.980. The number of hydrogen-bond donors (Lipinski definition) is 2. The highest BCUT2D eigenvalue weighted by Gasteiger charge is 2.53. The fraction of sp³-hybridized carbons (Fsp3) is 0.571. The van der Waals surface area contributed by atoms with Crippen molar-refractivity contribution in [1.82, 2.24) is 14.9 Å². The Kier molecular flexibility index (Phi) is 4.86. The van der Waals surface area contributed by atoms with Gasteiger partial charge in [-0.3, -0.25) is 9.78 Å². The van der Waals surface area contributed by atoms with Crippen LogP contribution in [0.2, 0.25) is 0 Å². The van der Waals surface area contributed by atoms with Crippen molar-refractivity contribution in [2.75, 3.05) is 19.6 Å². The smallest absolute Gasteiger partial charge is 0.287 e. The summed E-state index contributed by atoms with van der Waals surface area (Å²) >= 11 is 0. The Hall–Kier alpha value is -2.59. The zero-order chi connectivity index (χ0) is 22.8. The second-order valence-electron chi connectivity index (χ2n) is 9.76. The minimum absolute atomic E-state index is 0.0358. The van der Waals surface area contributed by atoms with Gasteiger partial charge in [0.25, 0.3) is 5.56 Å². The van der Waals surface area contributed by atoms with Crippen molar-refractivity contribution in [3.05, 3.63) is 39.8 Å². The molecule has 1 atom stereocenters. The van der Waals surface area contributed by atoms with Gasteiger partial charge in [-0.25, -0.2) is 8.78 Å². The van der Waals surface area contributed by atoms with Crippen LogP contribution in [-0.4, -0.2) is 56.4 Å². The van der Waals surface area contributed by atoms with Crippen LogP contribution in [-0.2, 0) is 12.1 Å². The molecule has 168 valence electrons. The number of carbonyl (C=O) groups excluding carboxylic acids is 1. The fourth-order valence-corrected chi connectivity index (χ4v) is 5.29. The molecule has 2 aromatic rings. The summed E-state index contributed by atoms with van der Waals surface area (Å²) in [5.74, 6) is -1.75. The van der Waals surface area contributed by atoms with Gasteiger partial charge in [0, 0.05) is 24.9 Å². The van der Waals surface area contributed by atoms with E-state index in [-0.39, 0.29) is 41.3 Å².